The van der Waals surface area contributed by atoms with Crippen molar-refractivity contribution in [3.8, 4) is 22.6 Å². The smallest absolute Gasteiger partial charge is 0.301 e. The number of alkyl halides is 1. The van der Waals surface area contributed by atoms with Crippen molar-refractivity contribution in [3.63, 3.8) is 0 Å². The number of aromatic nitrogens is 2. The molecule has 4 fully saturated rings. The van der Waals surface area contributed by atoms with E-state index in [1.54, 1.807) is 18.3 Å². The zero-order valence-electron chi connectivity index (χ0n) is 38.0. The molecule has 6 heterocycles. The minimum Gasteiger partial charge on any atom is -0.496 e. The first-order valence-electron chi connectivity index (χ1n) is 23.1. The van der Waals surface area contributed by atoms with Gasteiger partial charge in [-0.1, -0.05) is 12.1 Å². The molecule has 16 nitrogen and oxygen atoms in total. The second-order valence-electron chi connectivity index (χ2n) is 18.6. The Hall–Kier alpha value is -6.51. The first-order valence-corrected chi connectivity index (χ1v) is 24.6. The summed E-state index contributed by atoms with van der Waals surface area (Å²) in [4.78, 5) is 65.0. The van der Waals surface area contributed by atoms with Gasteiger partial charge in [-0.3, -0.25) is 29.2 Å². The number of hydrogen-bond donors (Lipinski definition) is 3. The lowest BCUT2D eigenvalue weighted by atomic mass is 9.86. The highest BCUT2D eigenvalue weighted by molar-refractivity contribution is 7.90. The number of anilines is 2. The third-order valence-electron chi connectivity index (χ3n) is 14.3. The number of amides is 3. The Labute approximate surface area is 396 Å². The van der Waals surface area contributed by atoms with E-state index in [1.165, 1.54) is 18.2 Å². The van der Waals surface area contributed by atoms with Crippen LogP contribution in [-0.2, 0) is 26.3 Å². The number of halogens is 3. The minimum absolute atomic E-state index is 0.000231. The molecule has 362 valence electrons. The second kappa shape index (κ2) is 18.4. The molecule has 1 saturated carbocycles. The van der Waals surface area contributed by atoms with Crippen molar-refractivity contribution in [1.29, 1.82) is 0 Å². The summed E-state index contributed by atoms with van der Waals surface area (Å²) in [5, 5.41) is 2.67. The molecule has 4 aliphatic heterocycles. The fraction of sp³-hybridized carbons (Fsp3) is 0.408. The Morgan fingerprint density at radius 2 is 1.74 bits per heavy atom. The van der Waals surface area contributed by atoms with E-state index in [-0.39, 0.29) is 55.8 Å². The first-order chi connectivity index (χ1) is 33.1. The van der Waals surface area contributed by atoms with Crippen molar-refractivity contribution in [3.05, 3.63) is 101 Å². The predicted molar refractivity (Wildman–Crippen MR) is 249 cm³/mol. The summed E-state index contributed by atoms with van der Waals surface area (Å²) in [5.41, 5.74) is 2.43. The number of piperidine rings is 2. The lowest BCUT2D eigenvalue weighted by molar-refractivity contribution is -0.136. The SMILES string of the molecule is COc1cc(OC2CC(N(C)CC3CCN(c4ccc(-c5cnc6[nH]cc(C(=O)c7c(F)ccc(NS(=O)(=O)N8CC[C@@H](F)C8)c7F)c6c5)cc4)CC3)C2)cc2c1C(=O)N(C1CCC(=O)NC1=O)C2. The zero-order valence-corrected chi connectivity index (χ0v) is 38.8. The summed E-state index contributed by atoms with van der Waals surface area (Å²) in [6, 6.07) is 14.7. The highest BCUT2D eigenvalue weighted by Crippen LogP contribution is 2.40. The molecule has 1 unspecified atom stereocenters. The number of imide groups is 1. The zero-order chi connectivity index (χ0) is 48.3. The van der Waals surface area contributed by atoms with E-state index < -0.39 is 63.5 Å². The van der Waals surface area contributed by atoms with Gasteiger partial charge in [-0.05, 0) is 86.2 Å². The number of carbonyl (C=O) groups excluding carboxylic acids is 4. The molecule has 2 atom stereocenters. The number of hydrogen-bond acceptors (Lipinski definition) is 11. The van der Waals surface area contributed by atoms with E-state index in [1.807, 2.05) is 35.1 Å². The molecular weight excluding hydrogens is 918 g/mol. The van der Waals surface area contributed by atoms with Gasteiger partial charge in [-0.25, -0.2) is 18.2 Å². The Balaban J connectivity index is 0.720. The van der Waals surface area contributed by atoms with Gasteiger partial charge in [0.25, 0.3) is 5.91 Å². The summed E-state index contributed by atoms with van der Waals surface area (Å²) < 4.78 is 85.2. The lowest BCUT2D eigenvalue weighted by Gasteiger charge is -2.43. The summed E-state index contributed by atoms with van der Waals surface area (Å²) in [7, 11) is -0.688. The quantitative estimate of drug-likeness (QED) is 0.0880. The van der Waals surface area contributed by atoms with Crippen LogP contribution in [0, 0.1) is 17.6 Å². The van der Waals surface area contributed by atoms with Crippen molar-refractivity contribution in [2.45, 2.75) is 75.8 Å². The second-order valence-corrected chi connectivity index (χ2v) is 20.3. The number of ketones is 1. The molecule has 3 N–H and O–H groups in total. The fourth-order valence-electron chi connectivity index (χ4n) is 10.3. The minimum atomic E-state index is -4.36. The van der Waals surface area contributed by atoms with Crippen molar-refractivity contribution in [1.82, 2.24) is 29.4 Å². The number of pyridine rings is 1. The maximum Gasteiger partial charge on any atom is 0.301 e. The topological polar surface area (TPSA) is 187 Å². The van der Waals surface area contributed by atoms with E-state index in [0.717, 1.165) is 78.6 Å². The molecule has 2 aromatic heterocycles. The van der Waals surface area contributed by atoms with Gasteiger partial charge in [0, 0.05) is 105 Å². The van der Waals surface area contributed by atoms with E-state index in [9.17, 15) is 32.0 Å². The number of ether oxygens (including phenoxy) is 2. The molecule has 69 heavy (non-hydrogen) atoms. The molecule has 0 bridgehead atoms. The highest BCUT2D eigenvalue weighted by atomic mass is 32.2. The van der Waals surface area contributed by atoms with Crippen molar-refractivity contribution < 1.29 is 50.2 Å². The van der Waals surface area contributed by atoms with Gasteiger partial charge in [0.15, 0.2) is 5.82 Å². The van der Waals surface area contributed by atoms with Gasteiger partial charge in [-0.2, -0.15) is 12.7 Å². The van der Waals surface area contributed by atoms with Crippen LogP contribution in [0.15, 0.2) is 67.0 Å². The average molecular weight is 969 g/mol. The number of H-pyrrole nitrogens is 1. The van der Waals surface area contributed by atoms with Crippen LogP contribution in [0.1, 0.15) is 76.8 Å². The van der Waals surface area contributed by atoms with Crippen LogP contribution in [0.3, 0.4) is 0 Å². The maximum atomic E-state index is 15.8. The number of methoxy groups -OCH3 is 1. The molecule has 20 heteroatoms. The molecule has 3 aromatic carbocycles. The van der Waals surface area contributed by atoms with Gasteiger partial charge in [0.1, 0.15) is 41.3 Å². The Kier molecular flexibility index (Phi) is 12.3. The summed E-state index contributed by atoms with van der Waals surface area (Å²) in [6.07, 6.45) is 5.88. The number of nitrogens with one attached hydrogen (secondary N) is 3. The van der Waals surface area contributed by atoms with E-state index in [0.29, 0.717) is 45.6 Å². The van der Waals surface area contributed by atoms with Crippen LogP contribution in [0.25, 0.3) is 22.2 Å². The monoisotopic (exact) mass is 968 g/mol. The van der Waals surface area contributed by atoms with Crippen molar-refractivity contribution in [2.75, 3.05) is 56.5 Å². The molecule has 5 aromatic rings. The summed E-state index contributed by atoms with van der Waals surface area (Å²) >= 11 is 0. The Morgan fingerprint density at radius 1 is 0.971 bits per heavy atom. The van der Waals surface area contributed by atoms with Crippen LogP contribution >= 0.6 is 0 Å². The van der Waals surface area contributed by atoms with E-state index in [4.69, 9.17) is 9.47 Å². The molecule has 0 radical (unpaired) electrons. The molecule has 1 aliphatic carbocycles. The fourth-order valence-corrected chi connectivity index (χ4v) is 11.6. The van der Waals surface area contributed by atoms with Gasteiger partial charge < -0.3 is 29.2 Å². The van der Waals surface area contributed by atoms with Gasteiger partial charge in [0.05, 0.1) is 23.9 Å². The standard InChI is InChI=1S/C49H51F3N8O8S/c1-57(33-19-35(20-33)68-34-17-30-25-60(40-9-10-42(61)55-48(40)63)49(64)43(30)41(21-34)67-2)24-27-11-14-58(15-12-27)32-5-3-28(4-6-32)29-18-36-37(23-54-47(36)53-22-29)46(62)44-38(51)7-8-39(45(44)52)56-69(65,66)59-16-13-31(50)26-59/h3-8,17-18,21-23,27,31,33,35,40,56H,9-16,19-20,24-26H2,1-2H3,(H,53,54)(H,55,61,63)/t31-,33?,35?,40?/m1/s1. The molecule has 0 spiro atoms. The summed E-state index contributed by atoms with van der Waals surface area (Å²) in [6.45, 7) is 2.51. The van der Waals surface area contributed by atoms with Gasteiger partial charge >= 0.3 is 10.2 Å². The highest BCUT2D eigenvalue weighted by Gasteiger charge is 2.42. The third kappa shape index (κ3) is 9.00. The Bertz CT molecular complexity index is 2980. The largest absolute Gasteiger partial charge is 0.496 e. The first kappa shape index (κ1) is 46.2. The van der Waals surface area contributed by atoms with Crippen LogP contribution in [0.5, 0.6) is 11.5 Å². The number of fused-ring (bicyclic) bond motifs is 2. The van der Waals surface area contributed by atoms with Gasteiger partial charge in [-0.15, -0.1) is 0 Å². The van der Waals surface area contributed by atoms with Crippen LogP contribution in [-0.4, -0.2) is 127 Å². The summed E-state index contributed by atoms with van der Waals surface area (Å²) in [5.74, 6) is -3.10. The molecule has 10 rings (SSSR count). The van der Waals surface area contributed by atoms with Crippen molar-refractivity contribution in [2.24, 2.45) is 5.92 Å². The number of benzene rings is 3. The lowest BCUT2D eigenvalue weighted by Crippen LogP contribution is -2.52. The van der Waals surface area contributed by atoms with Crippen LogP contribution in [0.2, 0.25) is 0 Å². The average Bonchev–Trinajstić information content (AvgIpc) is 4.05. The molecule has 5 aliphatic rings. The van der Waals surface area contributed by atoms with E-state index in [2.05, 4.69) is 32.1 Å². The number of carbonyl (C=O) groups is 4. The number of nitrogens with zero attached hydrogens (tertiary/aromatic N) is 5. The van der Waals surface area contributed by atoms with Crippen molar-refractivity contribution >= 4 is 56.1 Å². The molecule has 3 saturated heterocycles. The van der Waals surface area contributed by atoms with E-state index >= 15 is 8.78 Å². The van der Waals surface area contributed by atoms with Gasteiger partial charge in [0.2, 0.25) is 17.6 Å². The number of aromatic amines is 1. The third-order valence-corrected chi connectivity index (χ3v) is 15.8. The predicted octanol–water partition coefficient (Wildman–Crippen LogP) is 5.97. The molecule has 3 amide bonds. The number of rotatable bonds is 14. The maximum absolute atomic E-state index is 15.8. The van der Waals surface area contributed by atoms with Crippen LogP contribution in [0.4, 0.5) is 24.5 Å². The van der Waals surface area contributed by atoms with Crippen LogP contribution < -0.4 is 24.4 Å². The Morgan fingerprint density at radius 3 is 2.45 bits per heavy atom. The molecular formula is C49H51F3N8O8S. The normalized spacial score (nSPS) is 22.3.